The van der Waals surface area contributed by atoms with Crippen LogP contribution in [0.1, 0.15) is 12.1 Å². The molecule has 1 aromatic heterocycles. The van der Waals surface area contributed by atoms with Gasteiger partial charge in [0.15, 0.2) is 0 Å². The van der Waals surface area contributed by atoms with Crippen LogP contribution in [-0.2, 0) is 6.54 Å². The molecule has 1 unspecified atom stereocenters. The van der Waals surface area contributed by atoms with Crippen LogP contribution in [0.3, 0.4) is 0 Å². The van der Waals surface area contributed by atoms with Crippen LogP contribution in [0.25, 0.3) is 0 Å². The molecule has 1 aromatic rings. The van der Waals surface area contributed by atoms with Gasteiger partial charge in [0.25, 0.3) is 6.43 Å². The highest BCUT2D eigenvalue weighted by Gasteiger charge is 2.21. The first-order valence-electron chi connectivity index (χ1n) is 3.91. The molecule has 2 rings (SSSR count). The lowest BCUT2D eigenvalue weighted by molar-refractivity contribution is 0.144. The summed E-state index contributed by atoms with van der Waals surface area (Å²) in [7, 11) is 0. The second-order valence-corrected chi connectivity index (χ2v) is 2.96. The third-order valence-electron chi connectivity index (χ3n) is 1.84. The zero-order chi connectivity index (χ0) is 9.42. The van der Waals surface area contributed by atoms with E-state index in [1.165, 1.54) is 10.7 Å². The Morgan fingerprint density at radius 3 is 3.15 bits per heavy atom. The van der Waals surface area contributed by atoms with Gasteiger partial charge in [0.1, 0.15) is 12.3 Å². The smallest absolute Gasteiger partial charge is 0.282 e. The van der Waals surface area contributed by atoms with Crippen LogP contribution < -0.4 is 10.5 Å². The third kappa shape index (κ3) is 1.49. The lowest BCUT2D eigenvalue weighted by Gasteiger charge is -2.20. The number of halogens is 2. The summed E-state index contributed by atoms with van der Waals surface area (Å²) < 4.78 is 30.9. The van der Waals surface area contributed by atoms with Crippen molar-refractivity contribution >= 4 is 0 Å². The van der Waals surface area contributed by atoms with Crippen LogP contribution in [0.15, 0.2) is 6.07 Å². The number of ether oxygens (including phenoxy) is 1. The second kappa shape index (κ2) is 2.95. The Labute approximate surface area is 73.3 Å². The van der Waals surface area contributed by atoms with E-state index in [0.717, 1.165) is 0 Å². The molecule has 4 nitrogen and oxygen atoms in total. The van der Waals surface area contributed by atoms with Gasteiger partial charge >= 0.3 is 0 Å². The molecule has 1 atom stereocenters. The molecule has 0 fully saturated rings. The van der Waals surface area contributed by atoms with Gasteiger partial charge in [0.05, 0.1) is 12.6 Å². The molecule has 72 valence electrons. The Balaban J connectivity index is 2.28. The van der Waals surface area contributed by atoms with Crippen LogP contribution in [0.5, 0.6) is 5.88 Å². The molecule has 0 radical (unpaired) electrons. The molecule has 0 aliphatic carbocycles. The van der Waals surface area contributed by atoms with Crippen molar-refractivity contribution in [1.82, 2.24) is 9.78 Å². The first kappa shape index (κ1) is 8.43. The molecule has 13 heavy (non-hydrogen) atoms. The number of rotatable bonds is 1. The van der Waals surface area contributed by atoms with Crippen molar-refractivity contribution in [1.29, 1.82) is 0 Å². The fraction of sp³-hybridized carbons (Fsp3) is 0.571. The van der Waals surface area contributed by atoms with E-state index in [0.29, 0.717) is 19.0 Å². The van der Waals surface area contributed by atoms with E-state index in [9.17, 15) is 8.78 Å². The molecule has 0 spiro atoms. The zero-order valence-electron chi connectivity index (χ0n) is 6.78. The third-order valence-corrected chi connectivity index (χ3v) is 1.84. The van der Waals surface area contributed by atoms with E-state index in [4.69, 9.17) is 10.5 Å². The molecular formula is C7H9F2N3O. The lowest BCUT2D eigenvalue weighted by Crippen LogP contribution is -2.37. The van der Waals surface area contributed by atoms with E-state index in [1.807, 2.05) is 0 Å². The summed E-state index contributed by atoms with van der Waals surface area (Å²) in [6.07, 6.45) is -2.56. The predicted octanol–water partition coefficient (Wildman–Crippen LogP) is 0.540. The van der Waals surface area contributed by atoms with E-state index in [-0.39, 0.29) is 11.7 Å². The van der Waals surface area contributed by atoms with E-state index < -0.39 is 6.43 Å². The van der Waals surface area contributed by atoms with Gasteiger partial charge in [0, 0.05) is 6.07 Å². The standard InChI is InChI=1S/C7H9F2N3O/c8-7(9)5-1-6-12(11-5)2-4(10)3-13-6/h1,4,7H,2-3,10H2. The second-order valence-electron chi connectivity index (χ2n) is 2.96. The van der Waals surface area contributed by atoms with Crippen molar-refractivity contribution in [3.63, 3.8) is 0 Å². The number of hydrogen-bond acceptors (Lipinski definition) is 3. The van der Waals surface area contributed by atoms with E-state index >= 15 is 0 Å². The fourth-order valence-corrected chi connectivity index (χ4v) is 1.24. The lowest BCUT2D eigenvalue weighted by atomic mass is 10.3. The number of hydrogen-bond donors (Lipinski definition) is 1. The van der Waals surface area contributed by atoms with Crippen molar-refractivity contribution in [2.75, 3.05) is 6.61 Å². The molecule has 0 saturated carbocycles. The fourth-order valence-electron chi connectivity index (χ4n) is 1.24. The molecule has 1 aliphatic heterocycles. The molecule has 0 bridgehead atoms. The highest BCUT2D eigenvalue weighted by molar-refractivity contribution is 5.18. The topological polar surface area (TPSA) is 53.1 Å². The number of fused-ring (bicyclic) bond motifs is 1. The summed E-state index contributed by atoms with van der Waals surface area (Å²) in [6, 6.07) is 1.08. The molecule has 2 N–H and O–H groups in total. The molecule has 0 aromatic carbocycles. The van der Waals surface area contributed by atoms with Gasteiger partial charge in [-0.2, -0.15) is 5.10 Å². The quantitative estimate of drug-likeness (QED) is 0.701. The monoisotopic (exact) mass is 189 g/mol. The number of nitrogens with zero attached hydrogens (tertiary/aromatic N) is 2. The van der Waals surface area contributed by atoms with Crippen molar-refractivity contribution in [3.05, 3.63) is 11.8 Å². The summed E-state index contributed by atoms with van der Waals surface area (Å²) in [5.41, 5.74) is 5.30. The van der Waals surface area contributed by atoms with E-state index in [1.54, 1.807) is 0 Å². The van der Waals surface area contributed by atoms with Crippen LogP contribution in [0.4, 0.5) is 8.78 Å². The van der Waals surface area contributed by atoms with Gasteiger partial charge in [-0.3, -0.25) is 0 Å². The maximum atomic E-state index is 12.2. The SMILES string of the molecule is NC1COc2cc(C(F)F)nn2C1. The van der Waals surface area contributed by atoms with Crippen LogP contribution >= 0.6 is 0 Å². The first-order valence-corrected chi connectivity index (χ1v) is 3.91. The summed E-state index contributed by atoms with van der Waals surface area (Å²) in [4.78, 5) is 0. The minimum Gasteiger partial charge on any atom is -0.476 e. The van der Waals surface area contributed by atoms with Gasteiger partial charge < -0.3 is 10.5 Å². The van der Waals surface area contributed by atoms with E-state index in [2.05, 4.69) is 5.10 Å². The van der Waals surface area contributed by atoms with Crippen LogP contribution in [0, 0.1) is 0 Å². The summed E-state index contributed by atoms with van der Waals surface area (Å²) in [5, 5.41) is 3.66. The van der Waals surface area contributed by atoms with Crippen molar-refractivity contribution in [3.8, 4) is 5.88 Å². The Bertz CT molecular complexity index is 313. The summed E-state index contributed by atoms with van der Waals surface area (Å²) in [6.45, 7) is 0.788. The average Bonchev–Trinajstić information content (AvgIpc) is 2.46. The Morgan fingerprint density at radius 1 is 1.69 bits per heavy atom. The van der Waals surface area contributed by atoms with Gasteiger partial charge in [-0.05, 0) is 0 Å². The predicted molar refractivity (Wildman–Crippen MR) is 40.7 cm³/mol. The number of nitrogens with two attached hydrogens (primary N) is 1. The normalized spacial score (nSPS) is 21.4. The minimum atomic E-state index is -2.56. The molecule has 6 heteroatoms. The molecular weight excluding hydrogens is 180 g/mol. The number of aromatic nitrogens is 2. The average molecular weight is 189 g/mol. The summed E-state index contributed by atoms with van der Waals surface area (Å²) in [5.74, 6) is 0.372. The van der Waals surface area contributed by atoms with Crippen molar-refractivity contribution in [2.24, 2.45) is 5.73 Å². The highest BCUT2D eigenvalue weighted by Crippen LogP contribution is 2.24. The van der Waals surface area contributed by atoms with Crippen molar-refractivity contribution in [2.45, 2.75) is 19.0 Å². The Morgan fingerprint density at radius 2 is 2.46 bits per heavy atom. The molecule has 2 heterocycles. The van der Waals surface area contributed by atoms with Crippen molar-refractivity contribution < 1.29 is 13.5 Å². The Kier molecular flexibility index (Phi) is 1.91. The van der Waals surface area contributed by atoms with Crippen LogP contribution in [-0.4, -0.2) is 22.4 Å². The van der Waals surface area contributed by atoms with Gasteiger partial charge in [-0.1, -0.05) is 0 Å². The highest BCUT2D eigenvalue weighted by atomic mass is 19.3. The summed E-state index contributed by atoms with van der Waals surface area (Å²) >= 11 is 0. The minimum absolute atomic E-state index is 0.169. The molecule has 0 saturated heterocycles. The van der Waals surface area contributed by atoms with Gasteiger partial charge in [-0.25, -0.2) is 13.5 Å². The van der Waals surface area contributed by atoms with Gasteiger partial charge in [-0.15, -0.1) is 0 Å². The zero-order valence-corrected chi connectivity index (χ0v) is 6.78. The maximum Gasteiger partial charge on any atom is 0.282 e. The van der Waals surface area contributed by atoms with Gasteiger partial charge in [0.2, 0.25) is 5.88 Å². The largest absolute Gasteiger partial charge is 0.476 e. The maximum absolute atomic E-state index is 12.2. The first-order chi connectivity index (χ1) is 6.16. The Hall–Kier alpha value is -1.17. The molecule has 0 amide bonds. The van der Waals surface area contributed by atoms with Crippen LogP contribution in [0.2, 0.25) is 0 Å². The molecule has 1 aliphatic rings. The number of alkyl halides is 2.